The first-order chi connectivity index (χ1) is 14.9. The molecule has 0 unspecified atom stereocenters. The number of benzene rings is 3. The molecule has 0 aliphatic carbocycles. The van der Waals surface area contributed by atoms with Gasteiger partial charge in [0.2, 0.25) is 0 Å². The van der Waals surface area contributed by atoms with Crippen molar-refractivity contribution in [2.45, 2.75) is 4.90 Å². The van der Waals surface area contributed by atoms with Gasteiger partial charge >= 0.3 is 0 Å². The van der Waals surface area contributed by atoms with E-state index in [1.165, 1.54) is 47.7 Å². The van der Waals surface area contributed by atoms with Crippen molar-refractivity contribution in [3.8, 4) is 11.3 Å². The molecular formula is C22H16ClN3O3S2. The fraction of sp³-hybridized carbons (Fsp3) is 0. The van der Waals surface area contributed by atoms with Crippen LogP contribution in [-0.2, 0) is 10.0 Å². The molecule has 0 saturated carbocycles. The summed E-state index contributed by atoms with van der Waals surface area (Å²) in [5.41, 5.74) is 2.47. The van der Waals surface area contributed by atoms with Crippen LogP contribution in [0, 0.1) is 0 Å². The van der Waals surface area contributed by atoms with E-state index in [2.05, 4.69) is 15.0 Å². The minimum absolute atomic E-state index is 0.0942. The quantitative estimate of drug-likeness (QED) is 0.389. The number of sulfonamides is 1. The number of nitrogens with zero attached hydrogens (tertiary/aromatic N) is 1. The van der Waals surface area contributed by atoms with Crippen molar-refractivity contribution < 1.29 is 13.2 Å². The summed E-state index contributed by atoms with van der Waals surface area (Å²) in [6.45, 7) is 0. The molecule has 0 bridgehead atoms. The second-order valence-electron chi connectivity index (χ2n) is 6.49. The van der Waals surface area contributed by atoms with Crippen molar-refractivity contribution in [3.63, 3.8) is 0 Å². The maximum atomic E-state index is 12.5. The largest absolute Gasteiger partial charge is 0.298 e. The van der Waals surface area contributed by atoms with E-state index in [0.717, 1.165) is 11.3 Å². The third-order valence-electron chi connectivity index (χ3n) is 4.32. The van der Waals surface area contributed by atoms with E-state index in [9.17, 15) is 13.2 Å². The fourth-order valence-electron chi connectivity index (χ4n) is 2.76. The van der Waals surface area contributed by atoms with Crippen LogP contribution >= 0.6 is 22.9 Å². The molecule has 9 heteroatoms. The van der Waals surface area contributed by atoms with Gasteiger partial charge in [0, 0.05) is 27.2 Å². The van der Waals surface area contributed by atoms with E-state index in [1.54, 1.807) is 12.1 Å². The Hall–Kier alpha value is -3.20. The first-order valence-corrected chi connectivity index (χ1v) is 11.9. The van der Waals surface area contributed by atoms with Crippen LogP contribution in [0.2, 0.25) is 5.02 Å². The van der Waals surface area contributed by atoms with Gasteiger partial charge in [0.15, 0.2) is 5.13 Å². The molecule has 0 spiro atoms. The Balaban J connectivity index is 1.43. The van der Waals surface area contributed by atoms with E-state index < -0.39 is 10.0 Å². The molecule has 0 saturated heterocycles. The predicted octanol–water partition coefficient (Wildman–Crippen LogP) is 5.52. The third kappa shape index (κ3) is 5.11. The summed E-state index contributed by atoms with van der Waals surface area (Å²) in [6, 6.07) is 21.7. The van der Waals surface area contributed by atoms with Crippen molar-refractivity contribution in [2.75, 3.05) is 10.0 Å². The predicted molar refractivity (Wildman–Crippen MR) is 124 cm³/mol. The maximum absolute atomic E-state index is 12.5. The molecule has 0 aliphatic heterocycles. The zero-order valence-electron chi connectivity index (χ0n) is 15.9. The number of carbonyl (C=O) groups excluding carboxylic acids is 1. The number of halogens is 1. The minimum atomic E-state index is -3.75. The van der Waals surface area contributed by atoms with Crippen molar-refractivity contribution in [1.82, 2.24) is 4.98 Å². The number of aromatic nitrogens is 1. The Morgan fingerprint density at radius 2 is 1.58 bits per heavy atom. The topological polar surface area (TPSA) is 88.2 Å². The van der Waals surface area contributed by atoms with Gasteiger partial charge in [0.25, 0.3) is 15.9 Å². The summed E-state index contributed by atoms with van der Waals surface area (Å²) in [7, 11) is -3.75. The number of anilines is 2. The van der Waals surface area contributed by atoms with Crippen LogP contribution in [0.3, 0.4) is 0 Å². The number of hydrogen-bond acceptors (Lipinski definition) is 5. The average Bonchev–Trinajstić information content (AvgIpc) is 3.23. The van der Waals surface area contributed by atoms with E-state index in [1.807, 2.05) is 35.7 Å². The summed E-state index contributed by atoms with van der Waals surface area (Å²) in [5.74, 6) is -0.332. The van der Waals surface area contributed by atoms with E-state index in [0.29, 0.717) is 21.4 Å². The van der Waals surface area contributed by atoms with Crippen molar-refractivity contribution in [3.05, 3.63) is 94.8 Å². The summed E-state index contributed by atoms with van der Waals surface area (Å²) in [6.07, 6.45) is 0. The lowest BCUT2D eigenvalue weighted by atomic mass is 10.2. The number of amides is 1. The molecule has 31 heavy (non-hydrogen) atoms. The van der Waals surface area contributed by atoms with E-state index in [-0.39, 0.29) is 10.8 Å². The minimum Gasteiger partial charge on any atom is -0.298 e. The summed E-state index contributed by atoms with van der Waals surface area (Å²) < 4.78 is 27.4. The van der Waals surface area contributed by atoms with Crippen LogP contribution in [0.5, 0.6) is 0 Å². The van der Waals surface area contributed by atoms with Crippen LogP contribution in [-0.4, -0.2) is 19.3 Å². The molecule has 1 heterocycles. The zero-order valence-corrected chi connectivity index (χ0v) is 18.3. The van der Waals surface area contributed by atoms with E-state index in [4.69, 9.17) is 11.6 Å². The lowest BCUT2D eigenvalue weighted by Gasteiger charge is -2.09. The van der Waals surface area contributed by atoms with Crippen LogP contribution in [0.15, 0.2) is 89.1 Å². The van der Waals surface area contributed by atoms with Crippen molar-refractivity contribution in [1.29, 1.82) is 0 Å². The maximum Gasteiger partial charge on any atom is 0.261 e. The smallest absolute Gasteiger partial charge is 0.261 e. The highest BCUT2D eigenvalue weighted by Gasteiger charge is 2.15. The second-order valence-corrected chi connectivity index (χ2v) is 9.47. The highest BCUT2D eigenvalue weighted by atomic mass is 35.5. The van der Waals surface area contributed by atoms with Crippen LogP contribution in [0.4, 0.5) is 10.8 Å². The summed E-state index contributed by atoms with van der Waals surface area (Å²) in [5, 5.41) is 5.57. The van der Waals surface area contributed by atoms with Gasteiger partial charge in [-0.25, -0.2) is 13.4 Å². The highest BCUT2D eigenvalue weighted by molar-refractivity contribution is 7.92. The average molecular weight is 470 g/mol. The molecule has 1 aromatic heterocycles. The number of rotatable bonds is 6. The Morgan fingerprint density at radius 3 is 2.26 bits per heavy atom. The zero-order chi connectivity index (χ0) is 21.8. The number of hydrogen-bond donors (Lipinski definition) is 2. The summed E-state index contributed by atoms with van der Waals surface area (Å²) in [4.78, 5) is 17.0. The second kappa shape index (κ2) is 8.89. The fourth-order valence-corrected chi connectivity index (χ4v) is 4.66. The standard InChI is InChI=1S/C22H16ClN3O3S2/c23-17-8-12-19(13-9-17)31(28,29)26-18-10-6-16(7-11-18)21(27)25-22-24-20(14-30-22)15-4-2-1-3-5-15/h1-14,26H,(H,24,25,27). The molecule has 4 aromatic rings. The van der Waals surface area contributed by atoms with Crippen LogP contribution in [0.1, 0.15) is 10.4 Å². The first-order valence-electron chi connectivity index (χ1n) is 9.11. The Bertz CT molecular complexity index is 1300. The van der Waals surface area contributed by atoms with Gasteiger partial charge < -0.3 is 0 Å². The van der Waals surface area contributed by atoms with Crippen molar-refractivity contribution in [2.24, 2.45) is 0 Å². The Labute approximate surface area is 188 Å². The van der Waals surface area contributed by atoms with Gasteiger partial charge in [0.05, 0.1) is 10.6 Å². The molecule has 1 amide bonds. The number of carbonyl (C=O) groups is 1. The van der Waals surface area contributed by atoms with Crippen LogP contribution in [0.25, 0.3) is 11.3 Å². The third-order valence-corrected chi connectivity index (χ3v) is 6.72. The van der Waals surface area contributed by atoms with Gasteiger partial charge in [-0.1, -0.05) is 41.9 Å². The van der Waals surface area contributed by atoms with Crippen molar-refractivity contribution >= 4 is 49.7 Å². The lowest BCUT2D eigenvalue weighted by Crippen LogP contribution is -2.14. The Kier molecular flexibility index (Phi) is 6.03. The number of thiazole rings is 1. The van der Waals surface area contributed by atoms with Crippen LogP contribution < -0.4 is 10.0 Å². The van der Waals surface area contributed by atoms with Gasteiger partial charge in [-0.15, -0.1) is 11.3 Å². The molecule has 3 aromatic carbocycles. The number of nitrogens with one attached hydrogen (secondary N) is 2. The molecule has 0 atom stereocenters. The molecule has 0 fully saturated rings. The SMILES string of the molecule is O=C(Nc1nc(-c2ccccc2)cs1)c1ccc(NS(=O)(=O)c2ccc(Cl)cc2)cc1. The van der Waals surface area contributed by atoms with Gasteiger partial charge in [0.1, 0.15) is 0 Å². The van der Waals surface area contributed by atoms with E-state index >= 15 is 0 Å². The molecule has 2 N–H and O–H groups in total. The molecular weight excluding hydrogens is 454 g/mol. The van der Waals surface area contributed by atoms with Gasteiger partial charge in [-0.3, -0.25) is 14.8 Å². The van der Waals surface area contributed by atoms with Gasteiger partial charge in [-0.2, -0.15) is 0 Å². The lowest BCUT2D eigenvalue weighted by molar-refractivity contribution is 0.102. The first kappa shape index (κ1) is 21.0. The summed E-state index contributed by atoms with van der Waals surface area (Å²) >= 11 is 7.14. The molecule has 4 rings (SSSR count). The molecule has 0 radical (unpaired) electrons. The monoisotopic (exact) mass is 469 g/mol. The molecule has 0 aliphatic rings. The van der Waals surface area contributed by atoms with Gasteiger partial charge in [-0.05, 0) is 48.5 Å². The normalized spacial score (nSPS) is 11.1. The Morgan fingerprint density at radius 1 is 0.903 bits per heavy atom. The highest BCUT2D eigenvalue weighted by Crippen LogP contribution is 2.25. The molecule has 6 nitrogen and oxygen atoms in total. The molecule has 156 valence electrons.